The van der Waals surface area contributed by atoms with Gasteiger partial charge in [-0.15, -0.1) is 0 Å². The highest BCUT2D eigenvalue weighted by Crippen LogP contribution is 2.17. The summed E-state index contributed by atoms with van der Waals surface area (Å²) < 4.78 is 0. The van der Waals surface area contributed by atoms with Gasteiger partial charge in [-0.05, 0) is 18.6 Å². The predicted octanol–water partition coefficient (Wildman–Crippen LogP) is 1.48. The summed E-state index contributed by atoms with van der Waals surface area (Å²) in [4.78, 5) is 9.94. The lowest BCUT2D eigenvalue weighted by Gasteiger charge is -2.03. The summed E-state index contributed by atoms with van der Waals surface area (Å²) in [5, 5.41) is 8.89. The molecule has 0 aromatic carbocycles. The molecule has 0 bridgehead atoms. The highest BCUT2D eigenvalue weighted by molar-refractivity contribution is 5.63. The molecule has 0 unspecified atom stereocenters. The molecule has 0 aliphatic carbocycles. The van der Waals surface area contributed by atoms with Crippen LogP contribution in [0.1, 0.15) is 11.1 Å². The molecule has 14 heavy (non-hydrogen) atoms. The average Bonchev–Trinajstić information content (AvgIpc) is 2.14. The lowest BCUT2D eigenvalue weighted by atomic mass is 10.1. The quantitative estimate of drug-likeness (QED) is 0.522. The molecule has 0 aliphatic rings. The lowest BCUT2D eigenvalue weighted by molar-refractivity contribution is 0.643. The molecule has 0 fully saturated rings. The Morgan fingerprint density at radius 3 is 2.86 bits per heavy atom. The minimum absolute atomic E-state index is 0.473. The zero-order valence-corrected chi connectivity index (χ0v) is 8.52. The van der Waals surface area contributed by atoms with Crippen LogP contribution in [0.15, 0.2) is 17.3 Å². The van der Waals surface area contributed by atoms with Crippen LogP contribution in [0.3, 0.4) is 0 Å². The molecule has 0 aliphatic heterocycles. The first-order valence-electron chi connectivity index (χ1n) is 4.21. The zero-order chi connectivity index (χ0) is 10.6. The van der Waals surface area contributed by atoms with Gasteiger partial charge in [-0.1, -0.05) is 0 Å². The summed E-state index contributed by atoms with van der Waals surface area (Å²) >= 11 is 0. The molecule has 0 spiro atoms. The Balaban J connectivity index is 3.10. The highest BCUT2D eigenvalue weighted by atomic mass is 15.1. The van der Waals surface area contributed by atoms with E-state index in [4.69, 9.17) is 5.26 Å². The van der Waals surface area contributed by atoms with Crippen LogP contribution in [0.2, 0.25) is 0 Å². The average molecular weight is 188 g/mol. The van der Waals surface area contributed by atoms with Gasteiger partial charge in [0.2, 0.25) is 0 Å². The van der Waals surface area contributed by atoms with E-state index in [2.05, 4.69) is 16.0 Å². The van der Waals surface area contributed by atoms with E-state index in [1.807, 2.05) is 21.0 Å². The van der Waals surface area contributed by atoms with Crippen molar-refractivity contribution < 1.29 is 0 Å². The van der Waals surface area contributed by atoms with Gasteiger partial charge in [0, 0.05) is 20.3 Å². The smallest absolute Gasteiger partial charge is 0.171 e. The maximum Gasteiger partial charge on any atom is 0.171 e. The van der Waals surface area contributed by atoms with Crippen molar-refractivity contribution in [2.75, 3.05) is 14.1 Å². The fourth-order valence-corrected chi connectivity index (χ4v) is 0.950. The van der Waals surface area contributed by atoms with Gasteiger partial charge >= 0.3 is 0 Å². The first-order chi connectivity index (χ1) is 6.65. The van der Waals surface area contributed by atoms with Crippen LogP contribution in [0.25, 0.3) is 0 Å². The Morgan fingerprint density at radius 1 is 1.57 bits per heavy atom. The van der Waals surface area contributed by atoms with Crippen molar-refractivity contribution in [3.8, 4) is 6.07 Å². The SMILES string of the molecule is Cc1ccnc(N=CN(C)C)c1C#N. The van der Waals surface area contributed by atoms with Crippen molar-refractivity contribution in [1.29, 1.82) is 5.26 Å². The molecule has 0 radical (unpaired) electrons. The van der Waals surface area contributed by atoms with Crippen LogP contribution in [0, 0.1) is 18.3 Å². The van der Waals surface area contributed by atoms with E-state index >= 15 is 0 Å². The first-order valence-corrected chi connectivity index (χ1v) is 4.21. The number of nitrogens with zero attached hydrogens (tertiary/aromatic N) is 4. The van der Waals surface area contributed by atoms with Crippen molar-refractivity contribution in [3.05, 3.63) is 23.4 Å². The van der Waals surface area contributed by atoms with Crippen LogP contribution in [-0.2, 0) is 0 Å². The van der Waals surface area contributed by atoms with Gasteiger partial charge in [-0.2, -0.15) is 5.26 Å². The first kappa shape index (κ1) is 10.2. The standard InChI is InChI=1S/C10H12N4/c1-8-4-5-12-10(9(8)6-11)13-7-14(2)3/h4-5,7H,1-3H3. The molecule has 1 heterocycles. The Labute approximate surface area is 83.5 Å². The number of aliphatic imine (C=N–C) groups is 1. The van der Waals surface area contributed by atoms with Gasteiger partial charge in [-0.25, -0.2) is 9.98 Å². The maximum absolute atomic E-state index is 8.89. The van der Waals surface area contributed by atoms with Gasteiger partial charge in [0.15, 0.2) is 5.82 Å². The third-order valence-electron chi connectivity index (χ3n) is 1.66. The number of hydrogen-bond acceptors (Lipinski definition) is 3. The topological polar surface area (TPSA) is 52.3 Å². The largest absolute Gasteiger partial charge is 0.369 e. The number of aryl methyl sites for hydroxylation is 1. The fraction of sp³-hybridized carbons (Fsp3) is 0.300. The third kappa shape index (κ3) is 2.30. The van der Waals surface area contributed by atoms with E-state index in [-0.39, 0.29) is 0 Å². The fourth-order valence-electron chi connectivity index (χ4n) is 0.950. The normalized spacial score (nSPS) is 10.1. The lowest BCUT2D eigenvalue weighted by Crippen LogP contribution is -2.07. The Kier molecular flexibility index (Phi) is 3.19. The molecule has 0 amide bonds. The second-order valence-electron chi connectivity index (χ2n) is 3.15. The summed E-state index contributed by atoms with van der Waals surface area (Å²) in [7, 11) is 3.73. The minimum Gasteiger partial charge on any atom is -0.369 e. The van der Waals surface area contributed by atoms with E-state index in [1.165, 1.54) is 0 Å². The number of rotatable bonds is 2. The summed E-state index contributed by atoms with van der Waals surface area (Å²) in [5.74, 6) is 0.473. The number of aromatic nitrogens is 1. The van der Waals surface area contributed by atoms with Crippen molar-refractivity contribution in [3.63, 3.8) is 0 Å². The van der Waals surface area contributed by atoms with E-state index in [0.717, 1.165) is 5.56 Å². The van der Waals surface area contributed by atoms with Crippen molar-refractivity contribution >= 4 is 12.2 Å². The molecular formula is C10H12N4. The maximum atomic E-state index is 8.89. The van der Waals surface area contributed by atoms with Gasteiger partial charge in [0.1, 0.15) is 6.07 Å². The molecule has 1 aromatic heterocycles. The number of nitriles is 1. The Hall–Kier alpha value is -1.89. The second-order valence-corrected chi connectivity index (χ2v) is 3.15. The monoisotopic (exact) mass is 188 g/mol. The molecular weight excluding hydrogens is 176 g/mol. The summed E-state index contributed by atoms with van der Waals surface area (Å²) in [6.45, 7) is 1.87. The Morgan fingerprint density at radius 2 is 2.29 bits per heavy atom. The van der Waals surface area contributed by atoms with E-state index in [9.17, 15) is 0 Å². The summed E-state index contributed by atoms with van der Waals surface area (Å²) in [6, 6.07) is 3.89. The highest BCUT2D eigenvalue weighted by Gasteiger charge is 2.03. The van der Waals surface area contributed by atoms with Crippen molar-refractivity contribution in [2.24, 2.45) is 4.99 Å². The molecule has 0 saturated heterocycles. The van der Waals surface area contributed by atoms with Crippen molar-refractivity contribution in [1.82, 2.24) is 9.88 Å². The van der Waals surface area contributed by atoms with Crippen LogP contribution in [0.4, 0.5) is 5.82 Å². The zero-order valence-electron chi connectivity index (χ0n) is 8.52. The second kappa shape index (κ2) is 4.38. The van der Waals surface area contributed by atoms with E-state index in [1.54, 1.807) is 23.5 Å². The van der Waals surface area contributed by atoms with Crippen LogP contribution in [0.5, 0.6) is 0 Å². The third-order valence-corrected chi connectivity index (χ3v) is 1.66. The summed E-state index contributed by atoms with van der Waals surface area (Å²) in [5.41, 5.74) is 1.43. The molecule has 4 heteroatoms. The Bertz CT molecular complexity index is 388. The van der Waals surface area contributed by atoms with Crippen LogP contribution in [-0.4, -0.2) is 30.3 Å². The van der Waals surface area contributed by atoms with Gasteiger partial charge < -0.3 is 4.90 Å². The number of hydrogen-bond donors (Lipinski definition) is 0. The molecule has 0 saturated carbocycles. The molecule has 0 N–H and O–H groups in total. The van der Waals surface area contributed by atoms with Crippen molar-refractivity contribution in [2.45, 2.75) is 6.92 Å². The summed E-state index contributed by atoms with van der Waals surface area (Å²) in [6.07, 6.45) is 3.28. The van der Waals surface area contributed by atoms with Gasteiger partial charge in [0.05, 0.1) is 11.9 Å². The van der Waals surface area contributed by atoms with E-state index in [0.29, 0.717) is 11.4 Å². The molecule has 4 nitrogen and oxygen atoms in total. The molecule has 1 rings (SSSR count). The van der Waals surface area contributed by atoms with Crippen LogP contribution >= 0.6 is 0 Å². The minimum atomic E-state index is 0.473. The van der Waals surface area contributed by atoms with Crippen LogP contribution < -0.4 is 0 Å². The van der Waals surface area contributed by atoms with E-state index < -0.39 is 0 Å². The molecule has 72 valence electrons. The predicted molar refractivity (Wildman–Crippen MR) is 55.5 cm³/mol. The van der Waals surface area contributed by atoms with Gasteiger partial charge in [0.25, 0.3) is 0 Å². The van der Waals surface area contributed by atoms with Gasteiger partial charge in [-0.3, -0.25) is 0 Å². The molecule has 1 aromatic rings. The molecule has 0 atom stereocenters. The number of pyridine rings is 1.